The van der Waals surface area contributed by atoms with Crippen molar-refractivity contribution >= 4 is 15.9 Å². The normalized spacial score (nSPS) is 12.5. The standard InChI is InChI=1S/C19H24N2O4S/c1-13-5-4-6-14(2)19(13)25-12-11-18(22)21-15(3)16-7-9-17(10-8-16)26(20,23)24/h4-10,15H,11-12H2,1-3H3,(H,21,22)(H2,20,23,24). The molecule has 1 atom stereocenters. The first kappa shape index (κ1) is 19.9. The predicted molar refractivity (Wildman–Crippen MR) is 100 cm³/mol. The van der Waals surface area contributed by atoms with Gasteiger partial charge in [-0.15, -0.1) is 0 Å². The molecule has 2 aromatic carbocycles. The third-order valence-electron chi connectivity index (χ3n) is 4.07. The largest absolute Gasteiger partial charge is 0.493 e. The van der Waals surface area contributed by atoms with Gasteiger partial charge in [-0.1, -0.05) is 30.3 Å². The van der Waals surface area contributed by atoms with E-state index in [1.165, 1.54) is 12.1 Å². The van der Waals surface area contributed by atoms with Crippen LogP contribution in [0.3, 0.4) is 0 Å². The van der Waals surface area contributed by atoms with Crippen LogP contribution in [0.15, 0.2) is 47.4 Å². The van der Waals surface area contributed by atoms with Crippen LogP contribution in [0.5, 0.6) is 5.75 Å². The molecule has 0 aromatic heterocycles. The molecule has 6 nitrogen and oxygen atoms in total. The number of nitrogens with one attached hydrogen (secondary N) is 1. The summed E-state index contributed by atoms with van der Waals surface area (Å²) in [4.78, 5) is 12.1. The second-order valence-corrected chi connectivity index (χ2v) is 7.78. The number of hydrogen-bond acceptors (Lipinski definition) is 4. The third kappa shape index (κ3) is 5.31. The molecule has 1 unspecified atom stereocenters. The number of nitrogens with two attached hydrogens (primary N) is 1. The van der Waals surface area contributed by atoms with Gasteiger partial charge in [-0.25, -0.2) is 13.6 Å². The first-order chi connectivity index (χ1) is 12.2. The van der Waals surface area contributed by atoms with Crippen LogP contribution in [0.25, 0.3) is 0 Å². The highest BCUT2D eigenvalue weighted by molar-refractivity contribution is 7.89. The zero-order chi connectivity index (χ0) is 19.3. The molecule has 2 aromatic rings. The molecule has 0 aliphatic rings. The monoisotopic (exact) mass is 376 g/mol. The number of para-hydroxylation sites is 1. The topological polar surface area (TPSA) is 98.5 Å². The minimum atomic E-state index is -3.72. The van der Waals surface area contributed by atoms with Crippen LogP contribution in [0.1, 0.15) is 36.1 Å². The molecule has 0 saturated carbocycles. The summed E-state index contributed by atoms with van der Waals surface area (Å²) in [6.45, 7) is 6.05. The quantitative estimate of drug-likeness (QED) is 0.776. The summed E-state index contributed by atoms with van der Waals surface area (Å²) < 4.78 is 28.3. The number of ether oxygens (including phenoxy) is 1. The van der Waals surface area contributed by atoms with Crippen molar-refractivity contribution in [3.05, 3.63) is 59.2 Å². The summed E-state index contributed by atoms with van der Waals surface area (Å²) in [5.41, 5.74) is 2.86. The van der Waals surface area contributed by atoms with Crippen molar-refractivity contribution in [2.45, 2.75) is 38.1 Å². The van der Waals surface area contributed by atoms with Crippen molar-refractivity contribution in [3.63, 3.8) is 0 Å². The Bertz CT molecular complexity index is 857. The number of aryl methyl sites for hydroxylation is 2. The van der Waals surface area contributed by atoms with Gasteiger partial charge in [0.05, 0.1) is 24.0 Å². The highest BCUT2D eigenvalue weighted by Gasteiger charge is 2.12. The zero-order valence-corrected chi connectivity index (χ0v) is 16.0. The predicted octanol–water partition coefficient (Wildman–Crippen LogP) is 2.60. The van der Waals surface area contributed by atoms with Gasteiger partial charge >= 0.3 is 0 Å². The first-order valence-electron chi connectivity index (χ1n) is 8.29. The lowest BCUT2D eigenvalue weighted by molar-refractivity contribution is -0.122. The number of rotatable bonds is 7. The van der Waals surface area contributed by atoms with Crippen LogP contribution in [0, 0.1) is 13.8 Å². The summed E-state index contributed by atoms with van der Waals surface area (Å²) in [5, 5.41) is 7.95. The molecule has 0 saturated heterocycles. The molecule has 140 valence electrons. The van der Waals surface area contributed by atoms with Crippen LogP contribution < -0.4 is 15.2 Å². The van der Waals surface area contributed by atoms with Crippen molar-refractivity contribution in [2.24, 2.45) is 5.14 Å². The van der Waals surface area contributed by atoms with Crippen molar-refractivity contribution < 1.29 is 17.9 Å². The number of carbonyl (C=O) groups excluding carboxylic acids is 1. The number of primary sulfonamides is 1. The van der Waals surface area contributed by atoms with Gasteiger partial charge in [0.2, 0.25) is 15.9 Å². The maximum absolute atomic E-state index is 12.1. The highest BCUT2D eigenvalue weighted by atomic mass is 32.2. The maximum atomic E-state index is 12.1. The maximum Gasteiger partial charge on any atom is 0.238 e. The lowest BCUT2D eigenvalue weighted by atomic mass is 10.1. The molecule has 0 fully saturated rings. The average molecular weight is 376 g/mol. The van der Waals surface area contributed by atoms with E-state index in [1.54, 1.807) is 12.1 Å². The molecule has 0 bridgehead atoms. The molecule has 1 amide bonds. The van der Waals surface area contributed by atoms with Gasteiger partial charge in [0, 0.05) is 0 Å². The summed E-state index contributed by atoms with van der Waals surface area (Å²) in [6.07, 6.45) is 0.230. The Balaban J connectivity index is 1.87. The fraction of sp³-hybridized carbons (Fsp3) is 0.316. The number of hydrogen-bond donors (Lipinski definition) is 2. The second kappa shape index (κ2) is 8.33. The highest BCUT2D eigenvalue weighted by Crippen LogP contribution is 2.22. The van der Waals surface area contributed by atoms with Gasteiger partial charge in [0.25, 0.3) is 0 Å². The van der Waals surface area contributed by atoms with E-state index in [9.17, 15) is 13.2 Å². The zero-order valence-electron chi connectivity index (χ0n) is 15.2. The number of benzene rings is 2. The van der Waals surface area contributed by atoms with Crippen LogP contribution in [-0.4, -0.2) is 20.9 Å². The molecule has 0 spiro atoms. The average Bonchev–Trinajstić information content (AvgIpc) is 2.57. The molecule has 2 rings (SSSR count). The summed E-state index contributed by atoms with van der Waals surface area (Å²) in [5.74, 6) is 0.672. The van der Waals surface area contributed by atoms with E-state index in [0.29, 0.717) is 0 Å². The Hall–Kier alpha value is -2.38. The van der Waals surface area contributed by atoms with E-state index >= 15 is 0 Å². The Kier molecular flexibility index (Phi) is 6.39. The lowest BCUT2D eigenvalue weighted by Crippen LogP contribution is -2.28. The van der Waals surface area contributed by atoms with Gasteiger partial charge in [-0.3, -0.25) is 4.79 Å². The first-order valence-corrected chi connectivity index (χ1v) is 9.84. The van der Waals surface area contributed by atoms with Crippen LogP contribution in [-0.2, 0) is 14.8 Å². The smallest absolute Gasteiger partial charge is 0.238 e. The van der Waals surface area contributed by atoms with Gasteiger partial charge in [0.1, 0.15) is 5.75 Å². The van der Waals surface area contributed by atoms with Crippen LogP contribution in [0.2, 0.25) is 0 Å². The van der Waals surface area contributed by atoms with Crippen molar-refractivity contribution in [1.82, 2.24) is 5.32 Å². The van der Waals surface area contributed by atoms with Crippen molar-refractivity contribution in [3.8, 4) is 5.75 Å². The van der Waals surface area contributed by atoms with Gasteiger partial charge in [-0.05, 0) is 49.6 Å². The fourth-order valence-electron chi connectivity index (χ4n) is 2.62. The molecule has 3 N–H and O–H groups in total. The molecule has 0 radical (unpaired) electrons. The van der Waals surface area contributed by atoms with Crippen LogP contribution in [0.4, 0.5) is 0 Å². The summed E-state index contributed by atoms with van der Waals surface area (Å²) >= 11 is 0. The van der Waals surface area contributed by atoms with Crippen molar-refractivity contribution in [1.29, 1.82) is 0 Å². The number of amides is 1. The van der Waals surface area contributed by atoms with E-state index in [-0.39, 0.29) is 29.9 Å². The number of sulfonamides is 1. The fourth-order valence-corrected chi connectivity index (χ4v) is 3.13. The number of carbonyl (C=O) groups is 1. The van der Waals surface area contributed by atoms with Gasteiger partial charge in [-0.2, -0.15) is 0 Å². The van der Waals surface area contributed by atoms with E-state index in [2.05, 4.69) is 5.32 Å². The minimum Gasteiger partial charge on any atom is -0.493 e. The second-order valence-electron chi connectivity index (χ2n) is 6.22. The molecule has 26 heavy (non-hydrogen) atoms. The summed E-state index contributed by atoms with van der Waals surface area (Å²) in [7, 11) is -3.72. The molecule has 0 aliphatic heterocycles. The van der Waals surface area contributed by atoms with Gasteiger partial charge in [0.15, 0.2) is 0 Å². The Morgan fingerprint density at radius 1 is 1.12 bits per heavy atom. The Morgan fingerprint density at radius 2 is 1.69 bits per heavy atom. The molecular formula is C19H24N2O4S. The van der Waals surface area contributed by atoms with Crippen LogP contribution >= 0.6 is 0 Å². The summed E-state index contributed by atoms with van der Waals surface area (Å²) in [6, 6.07) is 11.8. The van der Waals surface area contributed by atoms with Gasteiger partial charge < -0.3 is 10.1 Å². The minimum absolute atomic E-state index is 0.0433. The lowest BCUT2D eigenvalue weighted by Gasteiger charge is -2.16. The molecule has 0 heterocycles. The van der Waals surface area contributed by atoms with E-state index in [4.69, 9.17) is 9.88 Å². The van der Waals surface area contributed by atoms with E-state index in [0.717, 1.165) is 22.4 Å². The Morgan fingerprint density at radius 3 is 2.23 bits per heavy atom. The molecular weight excluding hydrogens is 352 g/mol. The SMILES string of the molecule is Cc1cccc(C)c1OCCC(=O)NC(C)c1ccc(S(N)(=O)=O)cc1. The Labute approximate surface area is 154 Å². The molecule has 7 heteroatoms. The van der Waals surface area contributed by atoms with E-state index < -0.39 is 10.0 Å². The van der Waals surface area contributed by atoms with E-state index in [1.807, 2.05) is 39.0 Å². The molecule has 0 aliphatic carbocycles. The van der Waals surface area contributed by atoms with Crippen molar-refractivity contribution in [2.75, 3.05) is 6.61 Å². The third-order valence-corrected chi connectivity index (χ3v) is 5.00.